The molecule has 0 aromatic rings. The van der Waals surface area contributed by atoms with Crippen molar-refractivity contribution in [2.75, 3.05) is 26.2 Å². The molecule has 1 rings (SSSR count). The van der Waals surface area contributed by atoms with Crippen LogP contribution in [0.4, 0.5) is 4.79 Å². The maximum absolute atomic E-state index is 12.3. The highest BCUT2D eigenvalue weighted by molar-refractivity contribution is 5.75. The van der Waals surface area contributed by atoms with Crippen LogP contribution in [0.25, 0.3) is 0 Å². The van der Waals surface area contributed by atoms with E-state index < -0.39 is 0 Å². The molecule has 1 aliphatic heterocycles. The molecule has 4 heteroatoms. The van der Waals surface area contributed by atoms with Crippen molar-refractivity contribution >= 4 is 6.03 Å². The minimum absolute atomic E-state index is 0.167. The van der Waals surface area contributed by atoms with E-state index in [1.807, 2.05) is 23.6 Å². The highest BCUT2D eigenvalue weighted by atomic mass is 16.2. The maximum atomic E-state index is 12.3. The van der Waals surface area contributed by atoms with Crippen molar-refractivity contribution in [3.05, 3.63) is 0 Å². The van der Waals surface area contributed by atoms with Gasteiger partial charge in [-0.2, -0.15) is 0 Å². The summed E-state index contributed by atoms with van der Waals surface area (Å²) in [6.45, 7) is 9.29. The van der Waals surface area contributed by atoms with Gasteiger partial charge < -0.3 is 15.5 Å². The number of urea groups is 1. The molecule has 1 heterocycles. The number of amides is 2. The van der Waals surface area contributed by atoms with Gasteiger partial charge >= 0.3 is 6.03 Å². The molecule has 1 aliphatic rings. The molecule has 0 aromatic heterocycles. The first-order valence-electron chi connectivity index (χ1n) is 6.93. The molecular weight excluding hydrogens is 214 g/mol. The summed E-state index contributed by atoms with van der Waals surface area (Å²) in [4.78, 5) is 16.2. The summed E-state index contributed by atoms with van der Waals surface area (Å²) in [6.07, 6.45) is 3.39. The van der Waals surface area contributed by atoms with Gasteiger partial charge in [0.05, 0.1) is 0 Å². The van der Waals surface area contributed by atoms with Gasteiger partial charge in [0, 0.05) is 32.2 Å². The van der Waals surface area contributed by atoms with Crippen molar-refractivity contribution in [2.45, 2.75) is 46.1 Å². The van der Waals surface area contributed by atoms with Crippen molar-refractivity contribution in [3.8, 4) is 0 Å². The average molecular weight is 241 g/mol. The van der Waals surface area contributed by atoms with Gasteiger partial charge in [-0.15, -0.1) is 0 Å². The molecule has 1 saturated heterocycles. The standard InChI is InChI=1S/C13H27N3O/c1-4-11-7-8-16(12(9-11)10-14)13(17)15(5-2)6-3/h11-12H,4-10,14H2,1-3H3. The summed E-state index contributed by atoms with van der Waals surface area (Å²) < 4.78 is 0. The number of hydrogen-bond acceptors (Lipinski definition) is 2. The fraction of sp³-hybridized carbons (Fsp3) is 0.923. The molecule has 2 unspecified atom stereocenters. The van der Waals surface area contributed by atoms with Crippen LogP contribution in [0.1, 0.15) is 40.0 Å². The molecule has 0 aliphatic carbocycles. The SMILES string of the molecule is CCC1CCN(C(=O)N(CC)CC)C(CN)C1. The number of rotatable bonds is 4. The van der Waals surface area contributed by atoms with E-state index in [0.717, 1.165) is 38.4 Å². The molecule has 0 saturated carbocycles. The van der Waals surface area contributed by atoms with Crippen LogP contribution in [0.15, 0.2) is 0 Å². The number of carbonyl (C=O) groups is 1. The zero-order valence-electron chi connectivity index (χ0n) is 11.5. The van der Waals surface area contributed by atoms with E-state index in [1.54, 1.807) is 0 Å². The van der Waals surface area contributed by atoms with E-state index >= 15 is 0 Å². The molecule has 0 radical (unpaired) electrons. The second-order valence-corrected chi connectivity index (χ2v) is 4.84. The normalized spacial score (nSPS) is 24.8. The fourth-order valence-corrected chi connectivity index (χ4v) is 2.66. The summed E-state index contributed by atoms with van der Waals surface area (Å²) in [5.74, 6) is 0.740. The molecule has 0 bridgehead atoms. The molecule has 100 valence electrons. The molecule has 17 heavy (non-hydrogen) atoms. The monoisotopic (exact) mass is 241 g/mol. The van der Waals surface area contributed by atoms with Gasteiger partial charge in [0.2, 0.25) is 0 Å². The Balaban J connectivity index is 2.66. The Morgan fingerprint density at radius 1 is 1.35 bits per heavy atom. The number of piperidine rings is 1. The molecule has 4 nitrogen and oxygen atoms in total. The molecular formula is C13H27N3O. The minimum Gasteiger partial charge on any atom is -0.328 e. The third-order valence-electron chi connectivity index (χ3n) is 3.95. The van der Waals surface area contributed by atoms with Crippen molar-refractivity contribution in [2.24, 2.45) is 11.7 Å². The van der Waals surface area contributed by atoms with E-state index in [4.69, 9.17) is 5.73 Å². The lowest BCUT2D eigenvalue weighted by Crippen LogP contribution is -2.54. The molecule has 2 atom stereocenters. The second-order valence-electron chi connectivity index (χ2n) is 4.84. The Hall–Kier alpha value is -0.770. The summed E-state index contributed by atoms with van der Waals surface area (Å²) >= 11 is 0. The third-order valence-corrected chi connectivity index (χ3v) is 3.95. The second kappa shape index (κ2) is 6.84. The number of carbonyl (C=O) groups excluding carboxylic acids is 1. The predicted octanol–water partition coefficient (Wildman–Crippen LogP) is 1.90. The van der Waals surface area contributed by atoms with Crippen LogP contribution in [0.5, 0.6) is 0 Å². The van der Waals surface area contributed by atoms with Crippen molar-refractivity contribution in [3.63, 3.8) is 0 Å². The summed E-state index contributed by atoms with van der Waals surface area (Å²) in [6, 6.07) is 0.404. The van der Waals surface area contributed by atoms with E-state index in [-0.39, 0.29) is 12.1 Å². The van der Waals surface area contributed by atoms with Crippen LogP contribution in [-0.4, -0.2) is 48.1 Å². The van der Waals surface area contributed by atoms with E-state index in [9.17, 15) is 4.79 Å². The molecule has 1 fully saturated rings. The van der Waals surface area contributed by atoms with Gasteiger partial charge in [-0.05, 0) is 32.6 Å². The Bertz CT molecular complexity index is 241. The van der Waals surface area contributed by atoms with Gasteiger partial charge in [-0.25, -0.2) is 4.79 Å². The van der Waals surface area contributed by atoms with Crippen LogP contribution in [0.2, 0.25) is 0 Å². The van der Waals surface area contributed by atoms with Gasteiger partial charge in [-0.3, -0.25) is 0 Å². The Kier molecular flexibility index (Phi) is 5.75. The zero-order chi connectivity index (χ0) is 12.8. The summed E-state index contributed by atoms with van der Waals surface area (Å²) in [7, 11) is 0. The summed E-state index contributed by atoms with van der Waals surface area (Å²) in [5.41, 5.74) is 5.82. The molecule has 0 spiro atoms. The van der Waals surface area contributed by atoms with E-state index in [0.29, 0.717) is 6.54 Å². The first kappa shape index (κ1) is 14.3. The van der Waals surface area contributed by atoms with Gasteiger partial charge in [-0.1, -0.05) is 13.3 Å². The Morgan fingerprint density at radius 2 is 2.00 bits per heavy atom. The smallest absolute Gasteiger partial charge is 0.320 e. The lowest BCUT2D eigenvalue weighted by atomic mass is 9.89. The lowest BCUT2D eigenvalue weighted by Gasteiger charge is -2.41. The van der Waals surface area contributed by atoms with E-state index in [1.165, 1.54) is 6.42 Å². The first-order chi connectivity index (χ1) is 8.17. The predicted molar refractivity (Wildman–Crippen MR) is 70.9 cm³/mol. The van der Waals surface area contributed by atoms with Crippen molar-refractivity contribution in [1.82, 2.24) is 9.80 Å². The highest BCUT2D eigenvalue weighted by Gasteiger charge is 2.31. The highest BCUT2D eigenvalue weighted by Crippen LogP contribution is 2.25. The Morgan fingerprint density at radius 3 is 2.47 bits per heavy atom. The zero-order valence-corrected chi connectivity index (χ0v) is 11.5. The minimum atomic E-state index is 0.167. The largest absolute Gasteiger partial charge is 0.328 e. The van der Waals surface area contributed by atoms with Crippen LogP contribution in [-0.2, 0) is 0 Å². The quantitative estimate of drug-likeness (QED) is 0.817. The fourth-order valence-electron chi connectivity index (χ4n) is 2.66. The van der Waals surface area contributed by atoms with Crippen molar-refractivity contribution < 1.29 is 4.79 Å². The van der Waals surface area contributed by atoms with Crippen LogP contribution in [0.3, 0.4) is 0 Å². The van der Waals surface area contributed by atoms with Gasteiger partial charge in [0.15, 0.2) is 0 Å². The third kappa shape index (κ3) is 3.35. The topological polar surface area (TPSA) is 49.6 Å². The number of nitrogens with two attached hydrogens (primary N) is 1. The number of hydrogen-bond donors (Lipinski definition) is 1. The molecule has 2 N–H and O–H groups in total. The maximum Gasteiger partial charge on any atom is 0.320 e. The van der Waals surface area contributed by atoms with Crippen LogP contribution in [0, 0.1) is 5.92 Å². The van der Waals surface area contributed by atoms with Crippen LogP contribution >= 0.6 is 0 Å². The van der Waals surface area contributed by atoms with Crippen molar-refractivity contribution in [1.29, 1.82) is 0 Å². The lowest BCUT2D eigenvalue weighted by molar-refractivity contribution is 0.102. The average Bonchev–Trinajstić information content (AvgIpc) is 2.39. The molecule has 0 aromatic carbocycles. The number of likely N-dealkylation sites (tertiary alicyclic amines) is 1. The summed E-state index contributed by atoms with van der Waals surface area (Å²) in [5, 5.41) is 0. The Labute approximate surface area is 105 Å². The number of nitrogens with zero attached hydrogens (tertiary/aromatic N) is 2. The first-order valence-corrected chi connectivity index (χ1v) is 6.93. The van der Waals surface area contributed by atoms with E-state index in [2.05, 4.69) is 6.92 Å². The molecule has 2 amide bonds. The van der Waals surface area contributed by atoms with Crippen LogP contribution < -0.4 is 5.73 Å². The van der Waals surface area contributed by atoms with Gasteiger partial charge in [0.1, 0.15) is 0 Å². The van der Waals surface area contributed by atoms with Gasteiger partial charge in [0.25, 0.3) is 0 Å².